The van der Waals surface area contributed by atoms with Gasteiger partial charge < -0.3 is 14.5 Å². The maximum Gasteiger partial charge on any atom is 0.263 e. The highest BCUT2D eigenvalue weighted by Crippen LogP contribution is 2.28. The topological polar surface area (TPSA) is 58.6 Å². The first kappa shape index (κ1) is 22.8. The van der Waals surface area contributed by atoms with Crippen LogP contribution >= 0.6 is 0 Å². The highest BCUT2D eigenvalue weighted by molar-refractivity contribution is 5.95. The van der Waals surface area contributed by atoms with E-state index in [4.69, 9.17) is 4.74 Å². The van der Waals surface area contributed by atoms with E-state index in [1.807, 2.05) is 68.1 Å². The summed E-state index contributed by atoms with van der Waals surface area (Å²) >= 11 is 0. The second kappa shape index (κ2) is 9.74. The summed E-state index contributed by atoms with van der Waals surface area (Å²) in [5.74, 6) is 1.62. The Morgan fingerprint density at radius 3 is 2.37 bits per heavy atom. The average Bonchev–Trinajstić information content (AvgIpc) is 2.91. The fraction of sp³-hybridized carbons (Fsp3) is 0.276. The summed E-state index contributed by atoms with van der Waals surface area (Å²) in [6.07, 6.45) is -0.526. The van der Waals surface area contributed by atoms with Gasteiger partial charge in [-0.25, -0.2) is 0 Å². The third-order valence-electron chi connectivity index (χ3n) is 6.84. The van der Waals surface area contributed by atoms with Gasteiger partial charge in [0.25, 0.3) is 5.91 Å². The molecule has 3 aromatic carbocycles. The quantitative estimate of drug-likeness (QED) is 0.413. The first-order chi connectivity index (χ1) is 17.0. The van der Waals surface area contributed by atoms with Gasteiger partial charge in [-0.05, 0) is 60.9 Å². The monoisotopic (exact) mass is 466 g/mol. The Hall–Kier alpha value is -3.93. The van der Waals surface area contributed by atoms with Crippen LogP contribution in [0.3, 0.4) is 0 Å². The van der Waals surface area contributed by atoms with Gasteiger partial charge in [-0.3, -0.25) is 4.79 Å². The minimum atomic E-state index is -0.526. The molecule has 0 spiro atoms. The van der Waals surface area contributed by atoms with Crippen molar-refractivity contribution in [3.05, 3.63) is 83.9 Å². The summed E-state index contributed by atoms with van der Waals surface area (Å²) in [5.41, 5.74) is 4.16. The zero-order valence-corrected chi connectivity index (χ0v) is 20.4. The number of aromatic nitrogens is 2. The van der Waals surface area contributed by atoms with Crippen LogP contribution in [-0.2, 0) is 4.79 Å². The van der Waals surface area contributed by atoms with Crippen LogP contribution in [0, 0.1) is 13.8 Å². The van der Waals surface area contributed by atoms with Crippen molar-refractivity contribution in [2.24, 2.45) is 0 Å². The maximum absolute atomic E-state index is 13.0. The molecule has 6 nitrogen and oxygen atoms in total. The number of carbonyl (C=O) groups excluding carboxylic acids is 1. The molecule has 1 aliphatic rings. The molecular weight excluding hydrogens is 436 g/mol. The van der Waals surface area contributed by atoms with Crippen LogP contribution in [0.1, 0.15) is 18.1 Å². The van der Waals surface area contributed by atoms with Crippen molar-refractivity contribution in [2.75, 3.05) is 31.1 Å². The minimum Gasteiger partial charge on any atom is -0.481 e. The summed E-state index contributed by atoms with van der Waals surface area (Å²) in [4.78, 5) is 17.1. The molecule has 2 heterocycles. The van der Waals surface area contributed by atoms with Crippen molar-refractivity contribution >= 4 is 22.5 Å². The molecule has 0 aliphatic carbocycles. The van der Waals surface area contributed by atoms with Gasteiger partial charge in [0.05, 0.1) is 5.69 Å². The van der Waals surface area contributed by atoms with Gasteiger partial charge >= 0.3 is 0 Å². The summed E-state index contributed by atoms with van der Waals surface area (Å²) in [7, 11) is 0. The molecule has 1 aliphatic heterocycles. The fourth-order valence-corrected chi connectivity index (χ4v) is 4.59. The lowest BCUT2D eigenvalue weighted by atomic mass is 10.0. The van der Waals surface area contributed by atoms with Crippen molar-refractivity contribution in [3.8, 4) is 17.0 Å². The fourth-order valence-electron chi connectivity index (χ4n) is 4.59. The van der Waals surface area contributed by atoms with Crippen LogP contribution in [-0.4, -0.2) is 53.3 Å². The molecule has 4 aromatic rings. The molecule has 1 saturated heterocycles. The largest absolute Gasteiger partial charge is 0.481 e. The lowest BCUT2D eigenvalue weighted by molar-refractivity contribution is -0.138. The Bertz CT molecular complexity index is 1340. The molecule has 1 unspecified atom stereocenters. The standard InChI is InChI=1S/C29H30N4O2/c1-20-8-6-13-27(21(20)2)35-22(3)29(34)33-18-16-32(17-19-33)28-15-14-26(30-31-28)25-12-7-10-23-9-4-5-11-24(23)25/h4-15,22H,16-19H2,1-3H3. The molecule has 178 valence electrons. The number of anilines is 1. The van der Waals surface area contributed by atoms with Gasteiger partial charge in [0, 0.05) is 31.7 Å². The van der Waals surface area contributed by atoms with E-state index in [1.165, 1.54) is 10.8 Å². The summed E-state index contributed by atoms with van der Waals surface area (Å²) in [5, 5.41) is 11.4. The van der Waals surface area contributed by atoms with Gasteiger partial charge in [0.15, 0.2) is 11.9 Å². The molecular formula is C29H30N4O2. The zero-order valence-electron chi connectivity index (χ0n) is 20.4. The molecule has 0 N–H and O–H groups in total. The molecule has 1 amide bonds. The van der Waals surface area contributed by atoms with E-state index >= 15 is 0 Å². The Kier molecular flexibility index (Phi) is 6.36. The van der Waals surface area contributed by atoms with Crippen LogP contribution in [0.25, 0.3) is 22.0 Å². The van der Waals surface area contributed by atoms with E-state index in [2.05, 4.69) is 45.4 Å². The SMILES string of the molecule is Cc1cccc(OC(C)C(=O)N2CCN(c3ccc(-c4cccc5ccccc45)nn3)CC2)c1C. The van der Waals surface area contributed by atoms with Gasteiger partial charge in [0.1, 0.15) is 5.75 Å². The van der Waals surface area contributed by atoms with E-state index in [0.717, 1.165) is 34.0 Å². The predicted molar refractivity (Wildman–Crippen MR) is 140 cm³/mol. The van der Waals surface area contributed by atoms with Gasteiger partial charge in [-0.2, -0.15) is 0 Å². The van der Waals surface area contributed by atoms with Crippen molar-refractivity contribution in [2.45, 2.75) is 26.9 Å². The van der Waals surface area contributed by atoms with Gasteiger partial charge in [-0.1, -0.05) is 54.6 Å². The number of nitrogens with zero attached hydrogens (tertiary/aromatic N) is 4. The average molecular weight is 467 g/mol. The highest BCUT2D eigenvalue weighted by Gasteiger charge is 2.27. The normalized spacial score (nSPS) is 14.7. The van der Waals surface area contributed by atoms with Gasteiger partial charge in [0.2, 0.25) is 0 Å². The number of hydrogen-bond acceptors (Lipinski definition) is 5. The summed E-state index contributed by atoms with van der Waals surface area (Å²) in [6.45, 7) is 8.58. The molecule has 0 saturated carbocycles. The second-order valence-corrected chi connectivity index (χ2v) is 9.07. The number of ether oxygens (including phenoxy) is 1. The van der Waals surface area contributed by atoms with Crippen molar-refractivity contribution in [1.82, 2.24) is 15.1 Å². The third kappa shape index (κ3) is 4.69. The number of aryl methyl sites for hydroxylation is 1. The third-order valence-corrected chi connectivity index (χ3v) is 6.84. The Morgan fingerprint density at radius 2 is 1.60 bits per heavy atom. The van der Waals surface area contributed by atoms with Crippen LogP contribution in [0.5, 0.6) is 5.75 Å². The number of hydrogen-bond donors (Lipinski definition) is 0. The number of benzene rings is 3. The van der Waals surface area contributed by atoms with Crippen molar-refractivity contribution in [1.29, 1.82) is 0 Å². The lowest BCUT2D eigenvalue weighted by Crippen LogP contribution is -2.52. The Balaban J connectivity index is 1.22. The minimum absolute atomic E-state index is 0.0166. The molecule has 0 radical (unpaired) electrons. The van der Waals surface area contributed by atoms with Crippen LogP contribution < -0.4 is 9.64 Å². The molecule has 6 heteroatoms. The number of rotatable bonds is 5. The van der Waals surface area contributed by atoms with Crippen molar-refractivity contribution in [3.63, 3.8) is 0 Å². The smallest absolute Gasteiger partial charge is 0.263 e. The maximum atomic E-state index is 13.0. The second-order valence-electron chi connectivity index (χ2n) is 9.07. The molecule has 5 rings (SSSR count). The lowest BCUT2D eigenvalue weighted by Gasteiger charge is -2.36. The Morgan fingerprint density at radius 1 is 0.857 bits per heavy atom. The van der Waals surface area contributed by atoms with Crippen molar-refractivity contribution < 1.29 is 9.53 Å². The first-order valence-electron chi connectivity index (χ1n) is 12.1. The van der Waals surface area contributed by atoms with E-state index in [-0.39, 0.29) is 5.91 Å². The highest BCUT2D eigenvalue weighted by atomic mass is 16.5. The molecule has 0 bridgehead atoms. The van der Waals surface area contributed by atoms with E-state index < -0.39 is 6.10 Å². The van der Waals surface area contributed by atoms with E-state index in [9.17, 15) is 4.79 Å². The summed E-state index contributed by atoms with van der Waals surface area (Å²) in [6, 6.07) is 24.5. The number of fused-ring (bicyclic) bond motifs is 1. The molecule has 35 heavy (non-hydrogen) atoms. The number of piperazine rings is 1. The number of amides is 1. The number of carbonyl (C=O) groups is 1. The summed E-state index contributed by atoms with van der Waals surface area (Å²) < 4.78 is 6.01. The molecule has 1 fully saturated rings. The van der Waals surface area contributed by atoms with Gasteiger partial charge in [-0.15, -0.1) is 10.2 Å². The van der Waals surface area contributed by atoms with E-state index in [1.54, 1.807) is 0 Å². The van der Waals surface area contributed by atoms with Crippen LogP contribution in [0.4, 0.5) is 5.82 Å². The molecule has 1 atom stereocenters. The molecule has 1 aromatic heterocycles. The van der Waals surface area contributed by atoms with Crippen LogP contribution in [0.15, 0.2) is 72.8 Å². The first-order valence-corrected chi connectivity index (χ1v) is 12.1. The van der Waals surface area contributed by atoms with E-state index in [0.29, 0.717) is 26.2 Å². The Labute approximate surface area is 206 Å². The zero-order chi connectivity index (χ0) is 24.4. The predicted octanol–water partition coefficient (Wildman–Crippen LogP) is 5.03. The van der Waals surface area contributed by atoms with Crippen LogP contribution in [0.2, 0.25) is 0 Å².